The molecule has 0 radical (unpaired) electrons. The number of halogens is 1. The Morgan fingerprint density at radius 3 is 2.74 bits per heavy atom. The van der Waals surface area contributed by atoms with Crippen molar-refractivity contribution >= 4 is 30.7 Å². The molecule has 0 aliphatic carbocycles. The molecule has 0 bridgehead atoms. The Bertz CT molecular complexity index is 1140. The maximum Gasteiger partial charge on any atom is 0.406 e. The molecular formula is C20H30FN6O6P. The number of carbonyl (C=O) groups is 1. The molecule has 2 saturated heterocycles. The number of hydrogen-bond donors (Lipinski definition) is 1. The van der Waals surface area contributed by atoms with Crippen LogP contribution in [0.4, 0.5) is 10.2 Å². The first-order valence-corrected chi connectivity index (χ1v) is 12.5. The van der Waals surface area contributed by atoms with Gasteiger partial charge in [0, 0.05) is 14.1 Å². The van der Waals surface area contributed by atoms with Gasteiger partial charge in [-0.05, 0) is 34.6 Å². The largest absolute Gasteiger partial charge is 0.462 e. The van der Waals surface area contributed by atoms with Crippen LogP contribution in [0.3, 0.4) is 0 Å². The van der Waals surface area contributed by atoms with Crippen LogP contribution < -0.4 is 9.99 Å². The Kier molecular flexibility index (Phi) is 6.45. The molecule has 1 N–H and O–H groups in total. The predicted octanol–water partition coefficient (Wildman–Crippen LogP) is 2.28. The van der Waals surface area contributed by atoms with Gasteiger partial charge in [-0.25, -0.2) is 29.0 Å². The van der Waals surface area contributed by atoms with Crippen molar-refractivity contribution in [3.63, 3.8) is 0 Å². The number of esters is 1. The fourth-order valence-electron chi connectivity index (χ4n) is 4.04. The number of aryl methyl sites for hydroxylation is 1. The molecule has 14 heteroatoms. The number of alkyl halides is 1. The lowest BCUT2D eigenvalue weighted by atomic mass is 9.98. The minimum atomic E-state index is -4.02. The zero-order chi connectivity index (χ0) is 25.0. The molecule has 2 aliphatic rings. The third-order valence-electron chi connectivity index (χ3n) is 5.59. The number of nitrogens with one attached hydrogen (secondary N) is 1. The average molecular weight is 500 g/mol. The van der Waals surface area contributed by atoms with E-state index in [-0.39, 0.29) is 12.7 Å². The fraction of sp³-hybridized carbons (Fsp3) is 0.700. The first kappa shape index (κ1) is 24.9. The Labute approximate surface area is 196 Å². The van der Waals surface area contributed by atoms with Gasteiger partial charge in [-0.15, -0.1) is 0 Å². The van der Waals surface area contributed by atoms with Crippen molar-refractivity contribution in [3.8, 4) is 0 Å². The van der Waals surface area contributed by atoms with Gasteiger partial charge in [0.25, 0.3) is 0 Å². The minimum absolute atomic E-state index is 0.194. The summed E-state index contributed by atoms with van der Waals surface area (Å²) in [4.78, 5) is 27.1. The van der Waals surface area contributed by atoms with Crippen LogP contribution in [0, 0.1) is 6.92 Å². The van der Waals surface area contributed by atoms with Gasteiger partial charge in [0.05, 0.1) is 19.0 Å². The predicted molar refractivity (Wildman–Crippen MR) is 120 cm³/mol. The highest BCUT2D eigenvalue weighted by Gasteiger charge is 2.61. The van der Waals surface area contributed by atoms with Crippen LogP contribution in [-0.2, 0) is 27.9 Å². The molecule has 0 spiro atoms. The molecule has 2 aromatic rings. The van der Waals surface area contributed by atoms with E-state index in [1.165, 1.54) is 24.7 Å². The minimum Gasteiger partial charge on any atom is -0.462 e. The van der Waals surface area contributed by atoms with Gasteiger partial charge in [-0.3, -0.25) is 18.4 Å². The van der Waals surface area contributed by atoms with Crippen molar-refractivity contribution in [2.45, 2.75) is 70.9 Å². The smallest absolute Gasteiger partial charge is 0.406 e. The first-order chi connectivity index (χ1) is 15.8. The third-order valence-corrected chi connectivity index (χ3v) is 7.29. The topological polar surface area (TPSA) is 130 Å². The molecule has 4 rings (SSSR count). The van der Waals surface area contributed by atoms with Crippen LogP contribution in [0.5, 0.6) is 0 Å². The Morgan fingerprint density at radius 2 is 2.09 bits per heavy atom. The van der Waals surface area contributed by atoms with Crippen molar-refractivity contribution in [3.05, 3.63) is 12.2 Å². The molecule has 1 unspecified atom stereocenters. The molecule has 4 heterocycles. The van der Waals surface area contributed by atoms with E-state index in [0.29, 0.717) is 22.8 Å². The number of nitrogens with zero attached hydrogens (tertiary/aromatic N) is 5. The molecule has 188 valence electrons. The van der Waals surface area contributed by atoms with E-state index in [2.05, 4.69) is 20.0 Å². The number of imidazole rings is 1. The van der Waals surface area contributed by atoms with Gasteiger partial charge < -0.3 is 14.4 Å². The number of rotatable bonds is 6. The molecule has 2 fully saturated rings. The summed E-state index contributed by atoms with van der Waals surface area (Å²) in [5.41, 5.74) is -1.24. The van der Waals surface area contributed by atoms with E-state index in [9.17, 15) is 9.36 Å². The molecule has 34 heavy (non-hydrogen) atoms. The van der Waals surface area contributed by atoms with Crippen molar-refractivity contribution < 1.29 is 32.3 Å². The zero-order valence-corrected chi connectivity index (χ0v) is 21.1. The van der Waals surface area contributed by atoms with Crippen LogP contribution in [-0.4, -0.2) is 76.2 Å². The molecule has 12 nitrogen and oxygen atoms in total. The van der Waals surface area contributed by atoms with Crippen molar-refractivity contribution in [1.29, 1.82) is 0 Å². The summed E-state index contributed by atoms with van der Waals surface area (Å²) in [6.45, 7) is 7.71. The van der Waals surface area contributed by atoms with E-state index in [0.717, 1.165) is 0 Å². The fourth-order valence-corrected chi connectivity index (χ4v) is 5.80. The first-order valence-electron chi connectivity index (χ1n) is 11.0. The lowest BCUT2D eigenvalue weighted by molar-refractivity contribution is -0.149. The normalized spacial score (nSPS) is 32.1. The summed E-state index contributed by atoms with van der Waals surface area (Å²) in [6, 6.07) is -0.990. The molecule has 0 saturated carbocycles. The molecule has 6 atom stereocenters. The van der Waals surface area contributed by atoms with E-state index in [4.69, 9.17) is 18.5 Å². The van der Waals surface area contributed by atoms with Gasteiger partial charge >= 0.3 is 13.7 Å². The molecule has 2 aliphatic heterocycles. The van der Waals surface area contributed by atoms with Crippen LogP contribution in [0.15, 0.2) is 6.33 Å². The average Bonchev–Trinajstić information content (AvgIpc) is 3.24. The number of anilines is 1. The maximum absolute atomic E-state index is 16.2. The summed E-state index contributed by atoms with van der Waals surface area (Å²) in [5.74, 6) is 0.456. The molecule has 0 aromatic carbocycles. The zero-order valence-electron chi connectivity index (χ0n) is 20.2. The van der Waals surface area contributed by atoms with Crippen LogP contribution in [0.25, 0.3) is 11.2 Å². The highest BCUT2D eigenvalue weighted by molar-refractivity contribution is 7.51. The lowest BCUT2D eigenvalue weighted by Crippen LogP contribution is -2.47. The Balaban J connectivity index is 1.60. The third kappa shape index (κ3) is 4.42. The van der Waals surface area contributed by atoms with Crippen molar-refractivity contribution in [2.75, 3.05) is 25.6 Å². The van der Waals surface area contributed by atoms with Crippen LogP contribution in [0.2, 0.25) is 0 Å². The molecular weight excluding hydrogens is 470 g/mol. The van der Waals surface area contributed by atoms with Crippen LogP contribution in [0.1, 0.15) is 39.7 Å². The van der Waals surface area contributed by atoms with Crippen LogP contribution >= 0.6 is 7.75 Å². The highest BCUT2D eigenvalue weighted by atomic mass is 31.2. The van der Waals surface area contributed by atoms with Gasteiger partial charge in [0.15, 0.2) is 28.9 Å². The monoisotopic (exact) mass is 500 g/mol. The van der Waals surface area contributed by atoms with E-state index in [1.54, 1.807) is 25.7 Å². The molecule has 2 aromatic heterocycles. The second-order valence-corrected chi connectivity index (χ2v) is 10.9. The maximum atomic E-state index is 16.2. The SMILES string of the molecule is Cc1nc(N(C)C)c2ncn(C3O[C@@H]4CO[P@@](=O)(N[C@@H](C)C(=O)OC(C)C)O[C@H]4[C@@]3(C)F)c2n1. The van der Waals surface area contributed by atoms with E-state index < -0.39 is 43.9 Å². The van der Waals surface area contributed by atoms with Crippen molar-refractivity contribution in [1.82, 2.24) is 24.6 Å². The lowest BCUT2D eigenvalue weighted by Gasteiger charge is -2.35. The second-order valence-electron chi connectivity index (χ2n) is 9.15. The summed E-state index contributed by atoms with van der Waals surface area (Å²) in [7, 11) is -0.371. The van der Waals surface area contributed by atoms with Crippen molar-refractivity contribution in [2.24, 2.45) is 0 Å². The number of fused-ring (bicyclic) bond motifs is 2. The summed E-state index contributed by atoms with van der Waals surface area (Å²) in [5, 5.41) is 2.53. The number of hydrogen-bond acceptors (Lipinski definition) is 10. The van der Waals surface area contributed by atoms with Gasteiger partial charge in [0.2, 0.25) is 0 Å². The Hall–Kier alpha value is -2.18. The summed E-state index contributed by atoms with van der Waals surface area (Å²) < 4.78 is 53.0. The number of carbonyl (C=O) groups excluding carboxylic acids is 1. The van der Waals surface area contributed by atoms with E-state index in [1.807, 2.05) is 14.1 Å². The number of aromatic nitrogens is 4. The van der Waals surface area contributed by atoms with Gasteiger partial charge in [-0.2, -0.15) is 0 Å². The summed E-state index contributed by atoms with van der Waals surface area (Å²) >= 11 is 0. The van der Waals surface area contributed by atoms with Gasteiger partial charge in [-0.1, -0.05) is 0 Å². The second kappa shape index (κ2) is 8.80. The number of ether oxygens (including phenoxy) is 2. The van der Waals surface area contributed by atoms with Gasteiger partial charge in [0.1, 0.15) is 24.1 Å². The highest BCUT2D eigenvalue weighted by Crippen LogP contribution is 2.57. The molecule has 0 amide bonds. The summed E-state index contributed by atoms with van der Waals surface area (Å²) in [6.07, 6.45) is -2.15. The van der Waals surface area contributed by atoms with E-state index >= 15 is 4.39 Å². The standard InChI is InChI=1S/C20H30FN6O6P/c1-10(2)31-18(28)11(3)25-34(29)30-8-13-15(33-34)20(5,21)19(32-13)27-9-22-14-16(26(6)7)23-12(4)24-17(14)27/h9-11,13,15,19H,8H2,1-7H3,(H,25,29)/t11-,13+,15+,19?,20+,34-/m0/s1. The Morgan fingerprint density at radius 1 is 1.38 bits per heavy atom. The quantitative estimate of drug-likeness (QED) is 0.463.